The van der Waals surface area contributed by atoms with Crippen molar-refractivity contribution in [3.05, 3.63) is 80.2 Å². The van der Waals surface area contributed by atoms with Crippen molar-refractivity contribution in [3.8, 4) is 0 Å². The quantitative estimate of drug-likeness (QED) is 0.384. The van der Waals surface area contributed by atoms with Crippen LogP contribution in [0.4, 0.5) is 0 Å². The Labute approximate surface area is 188 Å². The molecule has 2 aliphatic rings. The summed E-state index contributed by atoms with van der Waals surface area (Å²) < 4.78 is 4.33. The van der Waals surface area contributed by atoms with Crippen molar-refractivity contribution >= 4 is 22.8 Å². The fourth-order valence-corrected chi connectivity index (χ4v) is 10.1. The molecule has 0 amide bonds. The van der Waals surface area contributed by atoms with Gasteiger partial charge in [0.2, 0.25) is 0 Å². The Balaban J connectivity index is 0.00000112. The second-order valence-electron chi connectivity index (χ2n) is 6.96. The van der Waals surface area contributed by atoms with Crippen LogP contribution < -0.4 is 24.8 Å². The van der Waals surface area contributed by atoms with Crippen LogP contribution in [0.3, 0.4) is 0 Å². The molecule has 0 fully saturated rings. The molecule has 5 rings (SSSR count). The van der Waals surface area contributed by atoms with E-state index in [0.29, 0.717) is 3.67 Å². The van der Waals surface area contributed by atoms with E-state index in [1.807, 2.05) is 12.1 Å². The van der Waals surface area contributed by atoms with Crippen LogP contribution in [-0.4, -0.2) is 15.0 Å². The molecular weight excluding hydrogens is 556 g/mol. The summed E-state index contributed by atoms with van der Waals surface area (Å²) in [4.78, 5) is 0. The van der Waals surface area contributed by atoms with Crippen molar-refractivity contribution in [3.63, 3.8) is 0 Å². The first kappa shape index (κ1) is 21.2. The van der Waals surface area contributed by atoms with Crippen LogP contribution in [0.1, 0.15) is 35.1 Å². The van der Waals surface area contributed by atoms with Gasteiger partial charge in [-0.15, -0.1) is 0 Å². The molecule has 2 aromatic carbocycles. The third kappa shape index (κ3) is 3.47. The Morgan fingerprint density at radius 2 is 1.75 bits per heavy atom. The molecule has 2 aliphatic carbocycles. The number of nitrogens with zero attached hydrogens (tertiary/aromatic N) is 3. The number of rotatable bonds is 3. The van der Waals surface area contributed by atoms with Crippen molar-refractivity contribution in [1.29, 1.82) is 0 Å². The van der Waals surface area contributed by atoms with E-state index in [4.69, 9.17) is 0 Å². The zero-order valence-corrected chi connectivity index (χ0v) is 20.8. The first-order valence-corrected chi connectivity index (χ1v) is 12.8. The zero-order chi connectivity index (χ0) is 17.7. The molecule has 1 aromatic heterocycles. The molecule has 0 spiro atoms. The summed E-state index contributed by atoms with van der Waals surface area (Å²) in [5.41, 5.74) is 9.22. The second kappa shape index (κ2) is 8.48. The van der Waals surface area contributed by atoms with Gasteiger partial charge in [-0.2, -0.15) is 0 Å². The van der Waals surface area contributed by atoms with Crippen LogP contribution in [0.25, 0.3) is 22.8 Å². The summed E-state index contributed by atoms with van der Waals surface area (Å²) in [6, 6.07) is 17.1. The fraction of sp³-hybridized carbons (Fsp3) is 0.182. The minimum absolute atomic E-state index is 0. The van der Waals surface area contributed by atoms with E-state index in [2.05, 4.69) is 77.4 Å². The molecule has 28 heavy (non-hydrogen) atoms. The number of aromatic nitrogens is 3. The minimum Gasteiger partial charge on any atom is -1.00 e. The Bertz CT molecular complexity index is 1130. The Kier molecular flexibility index (Phi) is 6.43. The van der Waals surface area contributed by atoms with E-state index in [-0.39, 0.29) is 24.8 Å². The van der Waals surface area contributed by atoms with Gasteiger partial charge < -0.3 is 24.8 Å². The van der Waals surface area contributed by atoms with Gasteiger partial charge in [0.1, 0.15) is 0 Å². The number of hydrogen-bond acceptors (Lipinski definition) is 2. The molecule has 3 aromatic rings. The predicted octanol–water partition coefficient (Wildman–Crippen LogP) is -0.801. The average Bonchev–Trinajstić information content (AvgIpc) is 3.34. The van der Waals surface area contributed by atoms with Gasteiger partial charge in [0.25, 0.3) is 0 Å². The number of fused-ring (bicyclic) bond motifs is 2. The molecule has 0 radical (unpaired) electrons. The summed E-state index contributed by atoms with van der Waals surface area (Å²) in [6.45, 7) is 4.55. The van der Waals surface area contributed by atoms with Gasteiger partial charge in [-0.3, -0.25) is 0 Å². The molecule has 1 atom stereocenters. The van der Waals surface area contributed by atoms with E-state index >= 15 is 0 Å². The second-order valence-corrected chi connectivity index (χ2v) is 12.2. The SMILES string of the molecule is CC1=CC[C]([Hf+2][CH]2C(n3nnc4ccccc43)=Cc3ccccc32)=C1C.[Cl-].[Cl-]. The Hall–Kier alpha value is -1.49. The predicted molar refractivity (Wildman–Crippen MR) is 102 cm³/mol. The molecule has 0 saturated heterocycles. The van der Waals surface area contributed by atoms with E-state index < -0.39 is 22.9 Å². The van der Waals surface area contributed by atoms with Gasteiger partial charge in [-0.05, 0) is 0 Å². The van der Waals surface area contributed by atoms with Crippen molar-refractivity contribution in [2.24, 2.45) is 0 Å². The van der Waals surface area contributed by atoms with Gasteiger partial charge in [-0.1, -0.05) is 0 Å². The monoisotopic (exact) mass is 575 g/mol. The van der Waals surface area contributed by atoms with Gasteiger partial charge in [-0.25, -0.2) is 0 Å². The van der Waals surface area contributed by atoms with Crippen LogP contribution >= 0.6 is 0 Å². The van der Waals surface area contributed by atoms with Gasteiger partial charge >= 0.3 is 165 Å². The molecule has 1 heterocycles. The maximum absolute atomic E-state index is 4.52. The number of halogens is 2. The Morgan fingerprint density at radius 3 is 2.54 bits per heavy atom. The number of para-hydroxylation sites is 1. The summed E-state index contributed by atoms with van der Waals surface area (Å²) in [6.07, 6.45) is 5.89. The van der Waals surface area contributed by atoms with Crippen LogP contribution in [-0.2, 0) is 22.9 Å². The maximum Gasteiger partial charge on any atom is -1.00 e. The normalized spacial score (nSPS) is 17.4. The topological polar surface area (TPSA) is 30.7 Å². The van der Waals surface area contributed by atoms with E-state index in [1.54, 1.807) is 8.90 Å². The summed E-state index contributed by atoms with van der Waals surface area (Å²) >= 11 is -1.10. The van der Waals surface area contributed by atoms with Crippen LogP contribution in [0.5, 0.6) is 0 Å². The van der Waals surface area contributed by atoms with Crippen LogP contribution in [0, 0.1) is 0 Å². The standard InChI is InChI=1S/C15H10N3.C7H9.2ClH.Hf/c1-2-6-12-10-13(9-11(12)5-1)18-15-8-4-3-7-14(15)16-17-18;1-6-4-3-5-7(6)2;;;/h1-10H;4H,3H2,1-2H3;2*1H;/q;;;;+2/p-2. The van der Waals surface area contributed by atoms with Gasteiger partial charge in [0.15, 0.2) is 0 Å². The number of benzene rings is 2. The van der Waals surface area contributed by atoms with Crippen LogP contribution in [0.15, 0.2) is 69.1 Å². The first-order chi connectivity index (χ1) is 12.7. The van der Waals surface area contributed by atoms with E-state index in [1.165, 1.54) is 22.4 Å². The molecule has 0 bridgehead atoms. The van der Waals surface area contributed by atoms with Crippen molar-refractivity contribution in [2.45, 2.75) is 23.9 Å². The van der Waals surface area contributed by atoms with Crippen molar-refractivity contribution < 1.29 is 47.7 Å². The zero-order valence-electron chi connectivity index (χ0n) is 15.7. The largest absolute Gasteiger partial charge is 1.00 e. The molecule has 0 saturated carbocycles. The molecule has 3 nitrogen and oxygen atoms in total. The minimum atomic E-state index is -1.10. The van der Waals surface area contributed by atoms with E-state index in [9.17, 15) is 0 Å². The fourth-order valence-electron chi connectivity index (χ4n) is 3.84. The summed E-state index contributed by atoms with van der Waals surface area (Å²) in [7, 11) is 0. The summed E-state index contributed by atoms with van der Waals surface area (Å²) in [5.74, 6) is 0. The van der Waals surface area contributed by atoms with Crippen molar-refractivity contribution in [2.75, 3.05) is 0 Å². The molecule has 1 unspecified atom stereocenters. The third-order valence-corrected chi connectivity index (χ3v) is 12.0. The molecule has 0 aliphatic heterocycles. The average molecular weight is 575 g/mol. The Morgan fingerprint density at radius 1 is 1.00 bits per heavy atom. The van der Waals surface area contributed by atoms with E-state index in [0.717, 1.165) is 17.5 Å². The third-order valence-electron chi connectivity index (χ3n) is 5.48. The van der Waals surface area contributed by atoms with Gasteiger partial charge in [0, 0.05) is 0 Å². The molecule has 0 N–H and O–H groups in total. The molecule has 140 valence electrons. The number of allylic oxidation sites excluding steroid dienone is 5. The smallest absolute Gasteiger partial charge is 1.00 e. The molecular formula is C22H19Cl2HfN3. The van der Waals surface area contributed by atoms with Crippen LogP contribution in [0.2, 0.25) is 0 Å². The van der Waals surface area contributed by atoms with Gasteiger partial charge in [0.05, 0.1) is 0 Å². The van der Waals surface area contributed by atoms with Crippen molar-refractivity contribution in [1.82, 2.24) is 15.0 Å². The number of hydrogen-bond donors (Lipinski definition) is 0. The first-order valence-electron chi connectivity index (χ1n) is 8.97. The molecule has 6 heteroatoms. The summed E-state index contributed by atoms with van der Waals surface area (Å²) in [5, 5.41) is 8.91. The maximum atomic E-state index is 4.52.